The summed E-state index contributed by atoms with van der Waals surface area (Å²) in [7, 11) is 0. The van der Waals surface area contributed by atoms with Crippen molar-refractivity contribution in [1.29, 1.82) is 0 Å². The molecule has 4 fully saturated rings. The quantitative estimate of drug-likeness (QED) is 0.489. The lowest BCUT2D eigenvalue weighted by Gasteiger charge is -2.66. The molecule has 9 atom stereocenters. The summed E-state index contributed by atoms with van der Waals surface area (Å²) in [6.07, 6.45) is -1.32. The minimum Gasteiger partial charge on any atom is -0.392 e. The molecule has 0 aromatic rings. The van der Waals surface area contributed by atoms with E-state index in [1.807, 2.05) is 0 Å². The molecule has 1 spiro atoms. The van der Waals surface area contributed by atoms with Crippen LogP contribution in [0, 0.1) is 34.0 Å². The van der Waals surface area contributed by atoms with E-state index in [1.54, 1.807) is 0 Å². The molecule has 4 aliphatic rings. The van der Waals surface area contributed by atoms with Gasteiger partial charge in [-0.05, 0) is 41.6 Å². The first kappa shape index (κ1) is 17.7. The number of aliphatic hydroxyl groups excluding tert-OH is 4. The van der Waals surface area contributed by atoms with Crippen molar-refractivity contribution in [3.8, 4) is 0 Å². The molecule has 0 aliphatic heterocycles. The van der Waals surface area contributed by atoms with Crippen molar-refractivity contribution in [2.75, 3.05) is 0 Å². The van der Waals surface area contributed by atoms with E-state index in [0.29, 0.717) is 6.42 Å². The summed E-state index contributed by atoms with van der Waals surface area (Å²) >= 11 is 0. The highest BCUT2D eigenvalue weighted by Gasteiger charge is 2.77. The smallest absolute Gasteiger partial charge is 0.170 e. The first-order valence-electron chi connectivity index (χ1n) is 9.47. The minimum atomic E-state index is -1.43. The topological polar surface area (TPSA) is 98.0 Å². The Morgan fingerprint density at radius 3 is 2.32 bits per heavy atom. The van der Waals surface area contributed by atoms with E-state index in [9.17, 15) is 25.2 Å². The van der Waals surface area contributed by atoms with Gasteiger partial charge in [-0.25, -0.2) is 0 Å². The Morgan fingerprint density at radius 1 is 1.04 bits per heavy atom. The molecule has 0 amide bonds. The summed E-state index contributed by atoms with van der Waals surface area (Å²) in [6, 6.07) is 0. The highest BCUT2D eigenvalue weighted by Crippen LogP contribution is 2.70. The van der Waals surface area contributed by atoms with Crippen LogP contribution >= 0.6 is 0 Å². The molecule has 4 aliphatic carbocycles. The number of rotatable bonds is 0. The lowest BCUT2D eigenvalue weighted by molar-refractivity contribution is -0.270. The number of hydrogen-bond acceptors (Lipinski definition) is 5. The standard InChI is InChI=1S/C20H30O5/c1-9-12-13(22)14(23)15-19(4)7-5-6-18(2,3)10(19)8-11(21)20(15,16(9)24)17(12)25/h10-15,17,21-23,25H,1,5-8H2,2-4H3/t10-,11-,12-,13+,14-,15+,17-,19-,20-/m1/s1. The van der Waals surface area contributed by atoms with E-state index in [-0.39, 0.29) is 22.7 Å². The van der Waals surface area contributed by atoms with Crippen LogP contribution in [0.3, 0.4) is 0 Å². The van der Waals surface area contributed by atoms with Crippen LogP contribution in [0.1, 0.15) is 46.5 Å². The van der Waals surface area contributed by atoms with Crippen molar-refractivity contribution >= 4 is 5.78 Å². The molecule has 0 radical (unpaired) electrons. The molecule has 0 aromatic heterocycles. The second kappa shape index (κ2) is 4.94. The largest absolute Gasteiger partial charge is 0.392 e. The molecule has 140 valence electrons. The van der Waals surface area contributed by atoms with E-state index >= 15 is 0 Å². The van der Waals surface area contributed by atoms with Gasteiger partial charge >= 0.3 is 0 Å². The number of Topliss-reactive ketones (excluding diaryl/α,β-unsaturated/α-hetero) is 1. The van der Waals surface area contributed by atoms with Gasteiger partial charge in [0.25, 0.3) is 0 Å². The van der Waals surface area contributed by atoms with Crippen molar-refractivity contribution in [1.82, 2.24) is 0 Å². The maximum atomic E-state index is 13.2. The predicted octanol–water partition coefficient (Wildman–Crippen LogP) is 1.04. The van der Waals surface area contributed by atoms with Gasteiger partial charge in [-0.15, -0.1) is 0 Å². The Bertz CT molecular complexity index is 642. The van der Waals surface area contributed by atoms with Crippen LogP contribution in [-0.2, 0) is 4.79 Å². The number of fused-ring (bicyclic) bond motifs is 3. The zero-order valence-corrected chi connectivity index (χ0v) is 15.3. The third-order valence-electron chi connectivity index (χ3n) is 8.49. The van der Waals surface area contributed by atoms with Gasteiger partial charge in [0.2, 0.25) is 0 Å². The highest BCUT2D eigenvalue weighted by molar-refractivity contribution is 6.04. The minimum absolute atomic E-state index is 0.0271. The molecule has 5 nitrogen and oxygen atoms in total. The molecule has 0 aromatic carbocycles. The maximum absolute atomic E-state index is 13.2. The first-order chi connectivity index (χ1) is 11.5. The SMILES string of the molecule is C=C1C(=O)[C@@]23[C@H](O)C[C@@H]4C(C)(C)CCC[C@@]4(C)[C@@H]2[C@H](O)[C@@H](O)[C@@H]1[C@H]3O. The molecule has 4 saturated carbocycles. The van der Waals surface area contributed by atoms with E-state index in [1.165, 1.54) is 0 Å². The summed E-state index contributed by atoms with van der Waals surface area (Å²) in [5.74, 6) is -1.79. The zero-order valence-electron chi connectivity index (χ0n) is 15.3. The van der Waals surface area contributed by atoms with Crippen LogP contribution in [0.5, 0.6) is 0 Å². The van der Waals surface area contributed by atoms with Gasteiger partial charge in [0.15, 0.2) is 5.78 Å². The van der Waals surface area contributed by atoms with E-state index in [2.05, 4.69) is 27.4 Å². The third-order valence-corrected chi connectivity index (χ3v) is 8.49. The van der Waals surface area contributed by atoms with Gasteiger partial charge in [-0.3, -0.25) is 4.79 Å². The van der Waals surface area contributed by atoms with Gasteiger partial charge in [-0.1, -0.05) is 33.8 Å². The van der Waals surface area contributed by atoms with Gasteiger partial charge in [0.1, 0.15) is 0 Å². The summed E-state index contributed by atoms with van der Waals surface area (Å²) < 4.78 is 0. The number of hydrogen-bond donors (Lipinski definition) is 4. The molecule has 4 N–H and O–H groups in total. The predicted molar refractivity (Wildman–Crippen MR) is 91.4 cm³/mol. The Balaban J connectivity index is 1.95. The second-order valence-corrected chi connectivity index (χ2v) is 9.87. The molecule has 0 unspecified atom stereocenters. The molecular formula is C20H30O5. The van der Waals surface area contributed by atoms with Crippen LogP contribution in [0.25, 0.3) is 0 Å². The third kappa shape index (κ3) is 1.76. The van der Waals surface area contributed by atoms with Crippen molar-refractivity contribution in [2.24, 2.45) is 34.0 Å². The van der Waals surface area contributed by atoms with Crippen LogP contribution in [0.4, 0.5) is 0 Å². The van der Waals surface area contributed by atoms with Gasteiger partial charge in [0.05, 0.1) is 29.8 Å². The van der Waals surface area contributed by atoms with Crippen molar-refractivity contribution in [3.05, 3.63) is 12.2 Å². The van der Waals surface area contributed by atoms with Crippen molar-refractivity contribution in [2.45, 2.75) is 70.9 Å². The van der Waals surface area contributed by atoms with Crippen LogP contribution in [0.15, 0.2) is 12.2 Å². The Hall–Kier alpha value is -0.750. The lowest BCUT2D eigenvalue weighted by atomic mass is 9.39. The molecule has 25 heavy (non-hydrogen) atoms. The van der Waals surface area contributed by atoms with Crippen molar-refractivity contribution < 1.29 is 25.2 Å². The summed E-state index contributed by atoms with van der Waals surface area (Å²) in [6.45, 7) is 10.2. The molecular weight excluding hydrogens is 320 g/mol. The number of ketones is 1. The molecule has 4 rings (SSSR count). The highest BCUT2D eigenvalue weighted by atomic mass is 16.3. The maximum Gasteiger partial charge on any atom is 0.170 e. The van der Waals surface area contributed by atoms with Gasteiger partial charge < -0.3 is 20.4 Å². The van der Waals surface area contributed by atoms with Crippen LogP contribution < -0.4 is 0 Å². The summed E-state index contributed by atoms with van der Waals surface area (Å²) in [4.78, 5) is 13.2. The van der Waals surface area contributed by atoms with Gasteiger partial charge in [0, 0.05) is 11.8 Å². The molecule has 2 bridgehead atoms. The van der Waals surface area contributed by atoms with E-state index in [0.717, 1.165) is 19.3 Å². The number of carbonyl (C=O) groups excluding carboxylic acids is 1. The molecule has 0 saturated heterocycles. The normalized spacial score (nSPS) is 57.2. The van der Waals surface area contributed by atoms with Crippen molar-refractivity contribution in [3.63, 3.8) is 0 Å². The second-order valence-electron chi connectivity index (χ2n) is 9.87. The average molecular weight is 350 g/mol. The fourth-order valence-electron chi connectivity index (χ4n) is 7.50. The summed E-state index contributed by atoms with van der Waals surface area (Å²) in [5.41, 5.74) is -1.73. The lowest BCUT2D eigenvalue weighted by Crippen LogP contribution is -2.72. The van der Waals surface area contributed by atoms with Crippen LogP contribution in [0.2, 0.25) is 0 Å². The first-order valence-corrected chi connectivity index (χ1v) is 9.47. The fourth-order valence-corrected chi connectivity index (χ4v) is 7.50. The van der Waals surface area contributed by atoms with Gasteiger partial charge in [-0.2, -0.15) is 0 Å². The van der Waals surface area contributed by atoms with Crippen LogP contribution in [-0.4, -0.2) is 50.6 Å². The van der Waals surface area contributed by atoms with E-state index < -0.39 is 47.1 Å². The Labute approximate surface area is 148 Å². The van der Waals surface area contributed by atoms with E-state index in [4.69, 9.17) is 0 Å². The summed E-state index contributed by atoms with van der Waals surface area (Å²) in [5, 5.41) is 43.8. The number of carbonyl (C=O) groups is 1. The molecule has 5 heteroatoms. The number of aliphatic hydroxyl groups is 4. The monoisotopic (exact) mass is 350 g/mol. The Kier molecular flexibility index (Phi) is 3.49. The Morgan fingerprint density at radius 2 is 1.68 bits per heavy atom. The zero-order chi connectivity index (χ0) is 18.5. The molecule has 0 heterocycles. The average Bonchev–Trinajstić information content (AvgIpc) is 2.66. The fraction of sp³-hybridized carbons (Fsp3) is 0.850.